The summed E-state index contributed by atoms with van der Waals surface area (Å²) in [4.78, 5) is 11.0. The normalized spacial score (nSPS) is 32.6. The minimum Gasteiger partial charge on any atom is -0.298 e. The van der Waals surface area contributed by atoms with Gasteiger partial charge in [0.2, 0.25) is 0 Å². The van der Waals surface area contributed by atoms with Gasteiger partial charge in [-0.3, -0.25) is 10.1 Å². The van der Waals surface area contributed by atoms with Crippen molar-refractivity contribution in [2.24, 2.45) is 5.92 Å². The number of carbonyl (C=O) groups excluding carboxylic acids is 1. The van der Waals surface area contributed by atoms with Crippen molar-refractivity contribution in [2.45, 2.75) is 32.7 Å². The average Bonchev–Trinajstić information content (AvgIpc) is 1.84. The van der Waals surface area contributed by atoms with E-state index in [1.165, 1.54) is 0 Å². The van der Waals surface area contributed by atoms with Gasteiger partial charge in [-0.15, -0.1) is 0 Å². The number of hydrogen-bond acceptors (Lipinski definition) is 2. The Morgan fingerprint density at radius 2 is 2.30 bits per heavy atom. The third kappa shape index (κ3) is 1.21. The van der Waals surface area contributed by atoms with Crippen molar-refractivity contribution in [3.63, 3.8) is 0 Å². The van der Waals surface area contributed by atoms with Crippen molar-refractivity contribution in [2.75, 3.05) is 6.54 Å². The lowest BCUT2D eigenvalue weighted by atomic mass is 9.81. The van der Waals surface area contributed by atoms with E-state index in [1.807, 2.05) is 6.92 Å². The smallest absolute Gasteiger partial charge is 0.166 e. The van der Waals surface area contributed by atoms with Crippen LogP contribution in [0, 0.1) is 5.92 Å². The Balaban J connectivity index is 2.45. The Morgan fingerprint density at radius 3 is 2.40 bits per heavy atom. The van der Waals surface area contributed by atoms with Crippen molar-refractivity contribution in [1.82, 2.24) is 5.32 Å². The van der Waals surface area contributed by atoms with Gasteiger partial charge in [-0.2, -0.15) is 0 Å². The molecule has 1 heterocycles. The lowest BCUT2D eigenvalue weighted by Crippen LogP contribution is -2.64. The molecule has 1 atom stereocenters. The first kappa shape index (κ1) is 7.73. The lowest BCUT2D eigenvalue weighted by Gasteiger charge is -2.39. The molecule has 0 bridgehead atoms. The number of nitrogens with one attached hydrogen (secondary N) is 1. The summed E-state index contributed by atoms with van der Waals surface area (Å²) in [6.07, 6.45) is 0.964. The molecule has 1 saturated heterocycles. The number of Topliss-reactive ketones (excluding diaryl/α,β-unsaturated/α-hetero) is 1. The first-order valence-corrected chi connectivity index (χ1v) is 3.83. The summed E-state index contributed by atoms with van der Waals surface area (Å²) in [6.45, 7) is 6.83. The van der Waals surface area contributed by atoms with E-state index in [1.54, 1.807) is 0 Å². The van der Waals surface area contributed by atoms with Gasteiger partial charge in [0.15, 0.2) is 5.78 Å². The molecule has 1 aliphatic heterocycles. The topological polar surface area (TPSA) is 29.1 Å². The predicted molar refractivity (Wildman–Crippen MR) is 40.9 cm³/mol. The molecule has 1 rings (SSSR count). The fourth-order valence-corrected chi connectivity index (χ4v) is 1.46. The van der Waals surface area contributed by atoms with Gasteiger partial charge >= 0.3 is 0 Å². The molecule has 0 saturated carbocycles. The van der Waals surface area contributed by atoms with E-state index < -0.39 is 0 Å². The molecule has 10 heavy (non-hydrogen) atoms. The second-order valence-corrected chi connectivity index (χ2v) is 3.71. The molecule has 0 aromatic rings. The van der Waals surface area contributed by atoms with Crippen LogP contribution < -0.4 is 5.32 Å². The van der Waals surface area contributed by atoms with Crippen molar-refractivity contribution in [1.29, 1.82) is 0 Å². The molecule has 2 heteroatoms. The van der Waals surface area contributed by atoms with Gasteiger partial charge in [-0.1, -0.05) is 13.8 Å². The molecule has 0 amide bonds. The van der Waals surface area contributed by atoms with Gasteiger partial charge in [0.05, 0.1) is 12.1 Å². The van der Waals surface area contributed by atoms with Gasteiger partial charge in [-0.25, -0.2) is 0 Å². The quantitative estimate of drug-likeness (QED) is 0.620. The third-order valence-electron chi connectivity index (χ3n) is 2.07. The van der Waals surface area contributed by atoms with E-state index in [-0.39, 0.29) is 5.54 Å². The molecule has 1 aliphatic rings. The Kier molecular flexibility index (Phi) is 1.82. The monoisotopic (exact) mass is 141 g/mol. The summed E-state index contributed by atoms with van der Waals surface area (Å²) in [6, 6.07) is 0. The van der Waals surface area contributed by atoms with Crippen LogP contribution in [0.4, 0.5) is 0 Å². The molecule has 0 radical (unpaired) electrons. The SMILES string of the molecule is CC(C)CC1(C)NCC1=O. The first-order valence-electron chi connectivity index (χ1n) is 3.83. The Hall–Kier alpha value is -0.370. The molecule has 0 aromatic carbocycles. The number of ketones is 1. The van der Waals surface area contributed by atoms with Crippen LogP contribution in [0.25, 0.3) is 0 Å². The van der Waals surface area contributed by atoms with Crippen LogP contribution >= 0.6 is 0 Å². The summed E-state index contributed by atoms with van der Waals surface area (Å²) in [5.74, 6) is 0.961. The summed E-state index contributed by atoms with van der Waals surface area (Å²) in [5.41, 5.74) is -0.186. The summed E-state index contributed by atoms with van der Waals surface area (Å²) < 4.78 is 0. The fraction of sp³-hybridized carbons (Fsp3) is 0.875. The van der Waals surface area contributed by atoms with E-state index in [0.717, 1.165) is 6.42 Å². The van der Waals surface area contributed by atoms with Gasteiger partial charge in [0.25, 0.3) is 0 Å². The molecule has 1 N–H and O–H groups in total. The standard InChI is InChI=1S/C8H15NO/c1-6(2)4-8(3)7(10)5-9-8/h6,9H,4-5H2,1-3H3. The molecule has 58 valence electrons. The first-order chi connectivity index (χ1) is 4.54. The zero-order valence-electron chi connectivity index (χ0n) is 6.90. The maximum Gasteiger partial charge on any atom is 0.166 e. The van der Waals surface area contributed by atoms with Crippen molar-refractivity contribution in [3.05, 3.63) is 0 Å². The highest BCUT2D eigenvalue weighted by Gasteiger charge is 2.40. The average molecular weight is 141 g/mol. The summed E-state index contributed by atoms with van der Waals surface area (Å²) >= 11 is 0. The number of hydrogen-bond donors (Lipinski definition) is 1. The highest BCUT2D eigenvalue weighted by Crippen LogP contribution is 2.22. The molecular weight excluding hydrogens is 126 g/mol. The second kappa shape index (κ2) is 2.35. The van der Waals surface area contributed by atoms with Crippen LogP contribution in [0.2, 0.25) is 0 Å². The maximum absolute atomic E-state index is 11.0. The van der Waals surface area contributed by atoms with Crippen molar-refractivity contribution in [3.8, 4) is 0 Å². The zero-order chi connectivity index (χ0) is 7.78. The van der Waals surface area contributed by atoms with Crippen LogP contribution in [0.5, 0.6) is 0 Å². The van der Waals surface area contributed by atoms with E-state index in [2.05, 4.69) is 19.2 Å². The predicted octanol–water partition coefficient (Wildman–Crippen LogP) is 0.964. The highest BCUT2D eigenvalue weighted by molar-refractivity contribution is 5.95. The molecule has 0 aromatic heterocycles. The highest BCUT2D eigenvalue weighted by atomic mass is 16.1. The Labute approximate surface area is 62.0 Å². The van der Waals surface area contributed by atoms with Gasteiger partial charge in [0.1, 0.15) is 0 Å². The van der Waals surface area contributed by atoms with Crippen molar-refractivity contribution >= 4 is 5.78 Å². The molecule has 1 fully saturated rings. The third-order valence-corrected chi connectivity index (χ3v) is 2.07. The Morgan fingerprint density at radius 1 is 1.70 bits per heavy atom. The summed E-state index contributed by atoms with van der Waals surface area (Å²) in [7, 11) is 0. The van der Waals surface area contributed by atoms with Crippen molar-refractivity contribution < 1.29 is 4.79 Å². The lowest BCUT2D eigenvalue weighted by molar-refractivity contribution is -0.131. The van der Waals surface area contributed by atoms with Crippen LogP contribution in [0.3, 0.4) is 0 Å². The molecular formula is C8H15NO. The van der Waals surface area contributed by atoms with Gasteiger partial charge in [0, 0.05) is 0 Å². The van der Waals surface area contributed by atoms with Gasteiger partial charge < -0.3 is 0 Å². The fourth-order valence-electron chi connectivity index (χ4n) is 1.46. The number of rotatable bonds is 2. The minimum absolute atomic E-state index is 0.186. The zero-order valence-corrected chi connectivity index (χ0v) is 6.90. The minimum atomic E-state index is -0.186. The van der Waals surface area contributed by atoms with Crippen LogP contribution in [-0.2, 0) is 4.79 Å². The van der Waals surface area contributed by atoms with Crippen LogP contribution in [0.15, 0.2) is 0 Å². The van der Waals surface area contributed by atoms with Gasteiger partial charge in [-0.05, 0) is 19.3 Å². The number of carbonyl (C=O) groups is 1. The molecule has 0 aliphatic carbocycles. The second-order valence-electron chi connectivity index (χ2n) is 3.71. The summed E-state index contributed by atoms with van der Waals surface area (Å²) in [5, 5.41) is 3.15. The van der Waals surface area contributed by atoms with Crippen LogP contribution in [0.1, 0.15) is 27.2 Å². The van der Waals surface area contributed by atoms with E-state index in [9.17, 15) is 4.79 Å². The van der Waals surface area contributed by atoms with E-state index in [0.29, 0.717) is 18.2 Å². The molecule has 0 spiro atoms. The van der Waals surface area contributed by atoms with Crippen LogP contribution in [-0.4, -0.2) is 17.9 Å². The Bertz CT molecular complexity index is 153. The molecule has 2 nitrogen and oxygen atoms in total. The van der Waals surface area contributed by atoms with E-state index >= 15 is 0 Å². The maximum atomic E-state index is 11.0. The van der Waals surface area contributed by atoms with E-state index in [4.69, 9.17) is 0 Å². The molecule has 1 unspecified atom stereocenters. The largest absolute Gasteiger partial charge is 0.298 e.